The number of rotatable bonds is 12. The molecule has 114 valence electrons. The Labute approximate surface area is 129 Å². The molecular weight excluding hydrogens is 286 g/mol. The first-order valence-corrected chi connectivity index (χ1v) is 14.2. The number of hydrogen-bond acceptors (Lipinski definition) is 0. The van der Waals surface area contributed by atoms with E-state index in [1.54, 1.807) is 14.9 Å². The predicted molar refractivity (Wildman–Crippen MR) is 92.4 cm³/mol. The minimum atomic E-state index is -1.02. The standard InChI is InChI=1S/3C6H13.Ga/c3*1-4-5-6(2)3;/h3*6H,2,4-5H2,1,3H3;. The van der Waals surface area contributed by atoms with Gasteiger partial charge in [0.2, 0.25) is 0 Å². The molecular formula is C18H39Ga. The van der Waals surface area contributed by atoms with Gasteiger partial charge in [0.1, 0.15) is 0 Å². The normalized spacial score (nSPS) is 16.1. The van der Waals surface area contributed by atoms with Crippen molar-refractivity contribution in [2.24, 2.45) is 17.8 Å². The average molecular weight is 325 g/mol. The van der Waals surface area contributed by atoms with Gasteiger partial charge in [0, 0.05) is 0 Å². The predicted octanol–water partition coefficient (Wildman–Crippen LogP) is 6.79. The summed E-state index contributed by atoms with van der Waals surface area (Å²) in [7, 11) is 0. The third kappa shape index (κ3) is 11.0. The van der Waals surface area contributed by atoms with Crippen LogP contribution in [0.2, 0.25) is 14.9 Å². The van der Waals surface area contributed by atoms with E-state index in [1.807, 2.05) is 0 Å². The quantitative estimate of drug-likeness (QED) is 0.347. The molecule has 3 unspecified atom stereocenters. The molecule has 0 rings (SSSR count). The van der Waals surface area contributed by atoms with Crippen LogP contribution in [0.3, 0.4) is 0 Å². The molecule has 0 radical (unpaired) electrons. The Kier molecular flexibility index (Phi) is 12.8. The molecule has 0 spiro atoms. The zero-order valence-electron chi connectivity index (χ0n) is 14.7. The van der Waals surface area contributed by atoms with E-state index < -0.39 is 16.2 Å². The Hall–Kier alpha value is 0.636. The van der Waals surface area contributed by atoms with Gasteiger partial charge >= 0.3 is 129 Å². The molecule has 1 heteroatoms. The third-order valence-electron chi connectivity index (χ3n) is 4.55. The molecule has 0 aliphatic carbocycles. The van der Waals surface area contributed by atoms with Crippen LogP contribution in [0.4, 0.5) is 0 Å². The molecule has 19 heavy (non-hydrogen) atoms. The number of hydrogen-bond donors (Lipinski definition) is 0. The van der Waals surface area contributed by atoms with Gasteiger partial charge in [-0.05, 0) is 0 Å². The summed E-state index contributed by atoms with van der Waals surface area (Å²) >= 11 is -1.02. The molecule has 0 aromatic heterocycles. The van der Waals surface area contributed by atoms with Gasteiger partial charge in [-0.15, -0.1) is 0 Å². The van der Waals surface area contributed by atoms with Crippen LogP contribution in [0.25, 0.3) is 0 Å². The third-order valence-corrected chi connectivity index (χ3v) is 13.8. The second-order valence-electron chi connectivity index (χ2n) is 7.25. The molecule has 0 N–H and O–H groups in total. The summed E-state index contributed by atoms with van der Waals surface area (Å²) in [6, 6.07) is 0. The Morgan fingerprint density at radius 1 is 0.579 bits per heavy atom. The Balaban J connectivity index is 4.28. The molecule has 0 aromatic carbocycles. The average Bonchev–Trinajstić information content (AvgIpc) is 2.29. The topological polar surface area (TPSA) is 0 Å². The second kappa shape index (κ2) is 12.4. The molecule has 0 aliphatic heterocycles. The van der Waals surface area contributed by atoms with Gasteiger partial charge in [-0.2, -0.15) is 0 Å². The van der Waals surface area contributed by atoms with E-state index in [9.17, 15) is 0 Å². The Morgan fingerprint density at radius 2 is 0.842 bits per heavy atom. The first-order chi connectivity index (χ1) is 9.03. The zero-order chi connectivity index (χ0) is 14.7. The van der Waals surface area contributed by atoms with E-state index in [4.69, 9.17) is 0 Å². The molecule has 0 saturated heterocycles. The van der Waals surface area contributed by atoms with Crippen molar-refractivity contribution < 1.29 is 0 Å². The summed E-state index contributed by atoms with van der Waals surface area (Å²) in [5.41, 5.74) is 0. The van der Waals surface area contributed by atoms with Crippen molar-refractivity contribution in [3.8, 4) is 0 Å². The first kappa shape index (κ1) is 19.6. The van der Waals surface area contributed by atoms with Crippen LogP contribution in [0.1, 0.15) is 80.1 Å². The van der Waals surface area contributed by atoms with E-state index in [0.717, 1.165) is 17.8 Å². The van der Waals surface area contributed by atoms with Crippen LogP contribution in [0.5, 0.6) is 0 Å². The maximum absolute atomic E-state index is 2.51. The van der Waals surface area contributed by atoms with Crippen molar-refractivity contribution in [2.75, 3.05) is 0 Å². The van der Waals surface area contributed by atoms with Gasteiger partial charge in [0.25, 0.3) is 0 Å². The Bertz CT molecular complexity index is 157. The van der Waals surface area contributed by atoms with Crippen LogP contribution in [-0.4, -0.2) is 16.2 Å². The minimum absolute atomic E-state index is 1.01. The van der Waals surface area contributed by atoms with Gasteiger partial charge in [0.15, 0.2) is 0 Å². The molecule has 0 saturated carbocycles. The van der Waals surface area contributed by atoms with E-state index in [0.29, 0.717) is 0 Å². The SMILES string of the molecule is CCCC(C)[CH2][Ga]([CH2]C(C)CCC)[CH2]C(C)CCC. The van der Waals surface area contributed by atoms with Crippen molar-refractivity contribution in [3.05, 3.63) is 0 Å². The van der Waals surface area contributed by atoms with Crippen molar-refractivity contribution in [1.29, 1.82) is 0 Å². The summed E-state index contributed by atoms with van der Waals surface area (Å²) in [5.74, 6) is 3.04. The summed E-state index contributed by atoms with van der Waals surface area (Å²) in [4.78, 5) is 4.97. The van der Waals surface area contributed by atoms with Crippen LogP contribution < -0.4 is 0 Å². The van der Waals surface area contributed by atoms with E-state index in [1.165, 1.54) is 38.5 Å². The molecule has 0 fully saturated rings. The Morgan fingerprint density at radius 3 is 1.05 bits per heavy atom. The second-order valence-corrected chi connectivity index (χ2v) is 13.9. The molecule has 0 nitrogen and oxygen atoms in total. The van der Waals surface area contributed by atoms with Crippen LogP contribution in [-0.2, 0) is 0 Å². The van der Waals surface area contributed by atoms with Crippen LogP contribution in [0.15, 0.2) is 0 Å². The van der Waals surface area contributed by atoms with Crippen molar-refractivity contribution in [1.82, 2.24) is 0 Å². The fourth-order valence-electron chi connectivity index (χ4n) is 3.83. The molecule has 0 bridgehead atoms. The van der Waals surface area contributed by atoms with E-state index in [-0.39, 0.29) is 0 Å². The zero-order valence-corrected chi connectivity index (χ0v) is 17.1. The molecule has 0 amide bonds. The fraction of sp³-hybridized carbons (Fsp3) is 1.00. The fourth-order valence-corrected chi connectivity index (χ4v) is 13.7. The van der Waals surface area contributed by atoms with E-state index in [2.05, 4.69) is 41.5 Å². The van der Waals surface area contributed by atoms with Gasteiger partial charge in [-0.3, -0.25) is 0 Å². The first-order valence-electron chi connectivity index (χ1n) is 9.03. The summed E-state index contributed by atoms with van der Waals surface area (Å²) in [5, 5.41) is 0. The summed E-state index contributed by atoms with van der Waals surface area (Å²) < 4.78 is 0. The maximum atomic E-state index is 2.51. The van der Waals surface area contributed by atoms with Gasteiger partial charge in [-0.25, -0.2) is 0 Å². The van der Waals surface area contributed by atoms with Gasteiger partial charge in [0.05, 0.1) is 0 Å². The van der Waals surface area contributed by atoms with Gasteiger partial charge in [-0.1, -0.05) is 0 Å². The molecule has 0 heterocycles. The summed E-state index contributed by atoms with van der Waals surface area (Å²) in [6.45, 7) is 14.6. The molecule has 0 aromatic rings. The summed E-state index contributed by atoms with van der Waals surface area (Å²) in [6.07, 6.45) is 8.53. The van der Waals surface area contributed by atoms with Gasteiger partial charge < -0.3 is 0 Å². The monoisotopic (exact) mass is 324 g/mol. The van der Waals surface area contributed by atoms with E-state index >= 15 is 0 Å². The van der Waals surface area contributed by atoms with Crippen LogP contribution >= 0.6 is 0 Å². The van der Waals surface area contributed by atoms with Crippen molar-refractivity contribution in [2.45, 2.75) is 95.0 Å². The molecule has 3 atom stereocenters. The molecule has 0 aliphatic rings. The van der Waals surface area contributed by atoms with Crippen LogP contribution in [0, 0.1) is 17.8 Å². The van der Waals surface area contributed by atoms with Crippen molar-refractivity contribution in [3.63, 3.8) is 0 Å². The van der Waals surface area contributed by atoms with Crippen molar-refractivity contribution >= 4 is 16.2 Å².